The number of rotatable bonds is 11. The Morgan fingerprint density at radius 1 is 0.784 bits per heavy atom. The number of nitro groups is 1. The van der Waals surface area contributed by atoms with Crippen molar-refractivity contribution < 1.29 is 14.5 Å². The van der Waals surface area contributed by atoms with Gasteiger partial charge in [0.2, 0.25) is 0 Å². The molecule has 0 saturated carbocycles. The summed E-state index contributed by atoms with van der Waals surface area (Å²) >= 11 is 1.25. The zero-order valence-electron chi connectivity index (χ0n) is 27.8. The third-order valence-electron chi connectivity index (χ3n) is 9.08. The maximum atomic E-state index is 13.6. The minimum atomic E-state index is -0.508. The highest BCUT2D eigenvalue weighted by Crippen LogP contribution is 2.32. The maximum absolute atomic E-state index is 13.6. The molecule has 1 aliphatic rings. The quantitative estimate of drug-likeness (QED) is 0.105. The predicted octanol–water partition coefficient (Wildman–Crippen LogP) is 7.66. The summed E-state index contributed by atoms with van der Waals surface area (Å²) in [7, 11) is 0. The lowest BCUT2D eigenvalue weighted by Crippen LogP contribution is -2.49. The molecule has 256 valence electrons. The number of nitrogens with zero attached hydrogens (tertiary/aromatic N) is 4. The molecule has 0 aliphatic carbocycles. The smallest absolute Gasteiger partial charge is 0.293 e. The summed E-state index contributed by atoms with van der Waals surface area (Å²) in [6.07, 6.45) is 0.700. The van der Waals surface area contributed by atoms with Gasteiger partial charge in [0.15, 0.2) is 5.13 Å². The van der Waals surface area contributed by atoms with E-state index in [-0.39, 0.29) is 23.2 Å². The first-order valence-electron chi connectivity index (χ1n) is 16.8. The summed E-state index contributed by atoms with van der Waals surface area (Å²) in [5, 5.41) is 18.1. The zero-order valence-corrected chi connectivity index (χ0v) is 28.6. The molecule has 2 N–H and O–H groups in total. The van der Waals surface area contributed by atoms with Crippen molar-refractivity contribution in [1.29, 1.82) is 0 Å². The second-order valence-corrected chi connectivity index (χ2v) is 13.4. The molecule has 10 nitrogen and oxygen atoms in total. The molecule has 0 atom stereocenters. The van der Waals surface area contributed by atoms with Gasteiger partial charge in [-0.2, -0.15) is 0 Å². The predicted molar refractivity (Wildman–Crippen MR) is 202 cm³/mol. The van der Waals surface area contributed by atoms with Crippen molar-refractivity contribution in [1.82, 2.24) is 14.8 Å². The first-order chi connectivity index (χ1) is 24.9. The van der Waals surface area contributed by atoms with Crippen molar-refractivity contribution in [2.75, 3.05) is 43.4 Å². The van der Waals surface area contributed by atoms with E-state index in [1.165, 1.54) is 28.5 Å². The van der Waals surface area contributed by atoms with E-state index in [0.717, 1.165) is 23.4 Å². The highest BCUT2D eigenvalue weighted by atomic mass is 32.1. The van der Waals surface area contributed by atoms with Crippen LogP contribution in [-0.4, -0.2) is 64.2 Å². The van der Waals surface area contributed by atoms with Crippen LogP contribution in [-0.2, 0) is 6.42 Å². The van der Waals surface area contributed by atoms with E-state index in [1.54, 1.807) is 24.3 Å². The number of benzene rings is 5. The van der Waals surface area contributed by atoms with Crippen LogP contribution >= 0.6 is 11.3 Å². The van der Waals surface area contributed by atoms with Gasteiger partial charge in [-0.1, -0.05) is 102 Å². The third-order valence-corrected chi connectivity index (χ3v) is 10.0. The normalized spacial score (nSPS) is 13.3. The molecule has 1 saturated heterocycles. The summed E-state index contributed by atoms with van der Waals surface area (Å²) in [5.74, 6) is -0.553. The van der Waals surface area contributed by atoms with Gasteiger partial charge in [0, 0.05) is 49.9 Å². The fourth-order valence-electron chi connectivity index (χ4n) is 6.49. The molecule has 51 heavy (non-hydrogen) atoms. The van der Waals surface area contributed by atoms with E-state index >= 15 is 0 Å². The van der Waals surface area contributed by atoms with E-state index in [1.807, 2.05) is 53.4 Å². The average molecular weight is 697 g/mol. The molecule has 1 fully saturated rings. The molecule has 1 aliphatic heterocycles. The van der Waals surface area contributed by atoms with Crippen LogP contribution in [0.3, 0.4) is 0 Å². The molecular weight excluding hydrogens is 661 g/mol. The SMILES string of the molecule is O=C(Nc1nc2ccc(C(=O)N3CCN(C(c4ccccc4)c4ccccc4)CC3)cc2s1)c1ccc(NCCc2ccccc2)c([N+](=O)[O-])c1. The summed E-state index contributed by atoms with van der Waals surface area (Å²) in [6, 6.07) is 40.6. The van der Waals surface area contributed by atoms with Crippen molar-refractivity contribution >= 4 is 49.9 Å². The third kappa shape index (κ3) is 7.80. The molecule has 0 bridgehead atoms. The monoisotopic (exact) mass is 696 g/mol. The van der Waals surface area contributed by atoms with Crippen LogP contribution in [0.25, 0.3) is 10.2 Å². The molecule has 5 aromatic carbocycles. The lowest BCUT2D eigenvalue weighted by atomic mass is 9.96. The first-order valence-corrected chi connectivity index (χ1v) is 17.7. The van der Waals surface area contributed by atoms with Crippen molar-refractivity contribution in [2.45, 2.75) is 12.5 Å². The number of hydrogen-bond acceptors (Lipinski definition) is 8. The van der Waals surface area contributed by atoms with Gasteiger partial charge in [-0.05, 0) is 53.4 Å². The summed E-state index contributed by atoms with van der Waals surface area (Å²) in [4.78, 5) is 47.0. The van der Waals surface area contributed by atoms with E-state index in [9.17, 15) is 19.7 Å². The molecule has 2 amide bonds. The number of nitrogens with one attached hydrogen (secondary N) is 2. The van der Waals surface area contributed by atoms with Crippen LogP contribution in [0, 0.1) is 10.1 Å². The highest BCUT2D eigenvalue weighted by Gasteiger charge is 2.29. The number of nitro benzene ring substituents is 1. The van der Waals surface area contributed by atoms with Crippen molar-refractivity contribution in [2.24, 2.45) is 0 Å². The topological polar surface area (TPSA) is 121 Å². The van der Waals surface area contributed by atoms with Gasteiger partial charge in [0.05, 0.1) is 21.2 Å². The standard InChI is InChI=1S/C40H36N6O4S/c47-38(31-16-18-33(35(26-31)46(49)50)41-21-20-28-10-4-1-5-11-28)43-40-42-34-19-17-32(27-36(34)51-40)39(48)45-24-22-44(23-25-45)37(29-12-6-2-7-13-29)30-14-8-3-9-15-30/h1-19,26-27,37,41H,20-25H2,(H,42,43,47). The van der Waals surface area contributed by atoms with Gasteiger partial charge in [0.25, 0.3) is 17.5 Å². The van der Waals surface area contributed by atoms with Crippen LogP contribution in [0.15, 0.2) is 127 Å². The molecule has 0 radical (unpaired) electrons. The number of piperazine rings is 1. The summed E-state index contributed by atoms with van der Waals surface area (Å²) in [6.45, 7) is 3.19. The Labute approximate surface area is 299 Å². The minimum Gasteiger partial charge on any atom is -0.379 e. The average Bonchev–Trinajstić information content (AvgIpc) is 3.58. The van der Waals surface area contributed by atoms with Gasteiger partial charge in [-0.15, -0.1) is 0 Å². The molecule has 0 spiro atoms. The summed E-state index contributed by atoms with van der Waals surface area (Å²) in [5.41, 5.74) is 5.09. The highest BCUT2D eigenvalue weighted by molar-refractivity contribution is 7.22. The minimum absolute atomic E-state index is 0.0451. The van der Waals surface area contributed by atoms with Crippen LogP contribution < -0.4 is 10.6 Å². The Hall–Kier alpha value is -5.91. The summed E-state index contributed by atoms with van der Waals surface area (Å²) < 4.78 is 0.756. The van der Waals surface area contributed by atoms with Crippen LogP contribution in [0.2, 0.25) is 0 Å². The fourth-order valence-corrected chi connectivity index (χ4v) is 7.39. The molecule has 6 aromatic rings. The number of aromatic nitrogens is 1. The second kappa shape index (κ2) is 15.3. The van der Waals surface area contributed by atoms with Gasteiger partial charge < -0.3 is 10.2 Å². The van der Waals surface area contributed by atoms with Crippen molar-refractivity contribution in [3.05, 3.63) is 165 Å². The van der Waals surface area contributed by atoms with Crippen LogP contribution in [0.1, 0.15) is 43.4 Å². The lowest BCUT2D eigenvalue weighted by Gasteiger charge is -2.39. The van der Waals surface area contributed by atoms with Crippen molar-refractivity contribution in [3.8, 4) is 0 Å². The number of carbonyl (C=O) groups excluding carboxylic acids is 2. The number of thiazole rings is 1. The number of amides is 2. The van der Waals surface area contributed by atoms with Gasteiger partial charge >= 0.3 is 0 Å². The Morgan fingerprint density at radius 3 is 2.06 bits per heavy atom. The molecule has 11 heteroatoms. The van der Waals surface area contributed by atoms with E-state index < -0.39 is 10.8 Å². The Balaban J connectivity index is 0.991. The van der Waals surface area contributed by atoms with Gasteiger partial charge in [-0.25, -0.2) is 4.98 Å². The van der Waals surface area contributed by atoms with E-state index in [4.69, 9.17) is 0 Å². The number of carbonyl (C=O) groups is 2. The molecule has 1 aromatic heterocycles. The number of hydrogen-bond donors (Lipinski definition) is 2. The zero-order chi connectivity index (χ0) is 35.2. The largest absolute Gasteiger partial charge is 0.379 e. The molecule has 7 rings (SSSR count). The van der Waals surface area contributed by atoms with Gasteiger partial charge in [-0.3, -0.25) is 29.9 Å². The molecular formula is C40H36N6O4S. The second-order valence-electron chi connectivity index (χ2n) is 12.4. The molecule has 2 heterocycles. The van der Waals surface area contributed by atoms with Crippen LogP contribution in [0.4, 0.5) is 16.5 Å². The Bertz CT molecular complexity index is 2110. The van der Waals surface area contributed by atoms with E-state index in [2.05, 4.69) is 69.0 Å². The fraction of sp³-hybridized carbons (Fsp3) is 0.175. The lowest BCUT2D eigenvalue weighted by molar-refractivity contribution is -0.384. The van der Waals surface area contributed by atoms with Crippen LogP contribution in [0.5, 0.6) is 0 Å². The van der Waals surface area contributed by atoms with Gasteiger partial charge in [0.1, 0.15) is 5.69 Å². The maximum Gasteiger partial charge on any atom is 0.293 e. The first kappa shape index (κ1) is 33.6. The molecule has 0 unspecified atom stereocenters. The van der Waals surface area contributed by atoms with E-state index in [0.29, 0.717) is 48.0 Å². The van der Waals surface area contributed by atoms with Crippen molar-refractivity contribution in [3.63, 3.8) is 0 Å². The Morgan fingerprint density at radius 2 is 1.41 bits per heavy atom. The number of anilines is 2. The number of fused-ring (bicyclic) bond motifs is 1. The Kier molecular flexibility index (Phi) is 10.1.